The van der Waals surface area contributed by atoms with E-state index in [9.17, 15) is 9.59 Å². The van der Waals surface area contributed by atoms with E-state index in [-0.39, 0.29) is 0 Å². The smallest absolute Gasteiger partial charge is 0.339 e. The minimum atomic E-state index is -0.516. The topological polar surface area (TPSA) is 85.0 Å². The van der Waals surface area contributed by atoms with E-state index in [0.717, 1.165) is 52.7 Å². The molecule has 1 aliphatic heterocycles. The molecule has 38 heavy (non-hydrogen) atoms. The molecule has 2 aromatic carbocycles. The molecule has 0 saturated heterocycles. The highest BCUT2D eigenvalue weighted by molar-refractivity contribution is 6.30. The third kappa shape index (κ3) is 4.58. The number of benzene rings is 2. The first kappa shape index (κ1) is 24.4. The molecular formula is C30H26ClN3O4. The molecule has 1 aliphatic carbocycles. The first-order valence-electron chi connectivity index (χ1n) is 12.7. The van der Waals surface area contributed by atoms with E-state index in [0.29, 0.717) is 28.7 Å². The molecule has 2 aromatic heterocycles. The third-order valence-corrected chi connectivity index (χ3v) is 7.50. The summed E-state index contributed by atoms with van der Waals surface area (Å²) in [5.41, 5.74) is 4.73. The summed E-state index contributed by atoms with van der Waals surface area (Å²) in [6.45, 7) is 1.74. The first-order valence-corrected chi connectivity index (χ1v) is 13.1. The fourth-order valence-electron chi connectivity index (χ4n) is 5.32. The van der Waals surface area contributed by atoms with E-state index >= 15 is 0 Å². The van der Waals surface area contributed by atoms with Gasteiger partial charge in [-0.05, 0) is 66.6 Å². The molecule has 8 heteroatoms. The van der Waals surface area contributed by atoms with Crippen LogP contribution in [0.4, 0.5) is 0 Å². The molecule has 3 heterocycles. The second-order valence-corrected chi connectivity index (χ2v) is 10.3. The number of aryl methyl sites for hydroxylation is 1. The van der Waals surface area contributed by atoms with E-state index in [1.54, 1.807) is 24.5 Å². The van der Waals surface area contributed by atoms with Gasteiger partial charge in [-0.3, -0.25) is 9.78 Å². The van der Waals surface area contributed by atoms with Crippen LogP contribution in [0.25, 0.3) is 10.9 Å². The van der Waals surface area contributed by atoms with Gasteiger partial charge in [0.25, 0.3) is 5.91 Å². The Morgan fingerprint density at radius 3 is 2.68 bits per heavy atom. The van der Waals surface area contributed by atoms with E-state index in [1.165, 1.54) is 5.01 Å². The van der Waals surface area contributed by atoms with Gasteiger partial charge >= 0.3 is 5.97 Å². The largest absolute Gasteiger partial charge is 0.467 e. The summed E-state index contributed by atoms with van der Waals surface area (Å²) in [5, 5.41) is 7.33. The Kier molecular flexibility index (Phi) is 6.45. The number of amides is 1. The van der Waals surface area contributed by atoms with Crippen molar-refractivity contribution >= 4 is 40.1 Å². The van der Waals surface area contributed by atoms with Crippen LogP contribution in [0.15, 0.2) is 76.4 Å². The van der Waals surface area contributed by atoms with Crippen molar-refractivity contribution in [2.24, 2.45) is 11.0 Å². The zero-order valence-electron chi connectivity index (χ0n) is 20.9. The van der Waals surface area contributed by atoms with Crippen molar-refractivity contribution in [2.45, 2.75) is 38.6 Å². The zero-order valence-corrected chi connectivity index (χ0v) is 21.6. The van der Waals surface area contributed by atoms with Crippen LogP contribution in [0.5, 0.6) is 0 Å². The number of para-hydroxylation sites is 1. The molecule has 0 saturated carbocycles. The van der Waals surface area contributed by atoms with E-state index in [1.807, 2.05) is 42.5 Å². The number of aromatic nitrogens is 1. The lowest BCUT2D eigenvalue weighted by Crippen LogP contribution is -2.31. The molecule has 0 bridgehead atoms. The maximum atomic E-state index is 13.5. The number of carbonyl (C=O) groups is 2. The fraction of sp³-hybridized carbons (Fsp3) is 0.267. The average molecular weight is 528 g/mol. The summed E-state index contributed by atoms with van der Waals surface area (Å²) in [5.74, 6) is 0.112. The fourth-order valence-corrected chi connectivity index (χ4v) is 5.45. The van der Waals surface area contributed by atoms with E-state index in [4.69, 9.17) is 25.7 Å². The Morgan fingerprint density at radius 1 is 1.08 bits per heavy atom. The van der Waals surface area contributed by atoms with Crippen LogP contribution in [0.3, 0.4) is 0 Å². The number of fused-ring (bicyclic) bond motifs is 2. The van der Waals surface area contributed by atoms with E-state index < -0.39 is 24.5 Å². The summed E-state index contributed by atoms with van der Waals surface area (Å²) in [6.07, 6.45) is 4.64. The number of hydrazone groups is 1. The lowest BCUT2D eigenvalue weighted by molar-refractivity contribution is -0.136. The van der Waals surface area contributed by atoms with Crippen LogP contribution < -0.4 is 0 Å². The summed E-state index contributed by atoms with van der Waals surface area (Å²) in [4.78, 5) is 31.7. The van der Waals surface area contributed by atoms with Crippen LogP contribution in [-0.4, -0.2) is 34.2 Å². The molecule has 0 radical (unpaired) electrons. The summed E-state index contributed by atoms with van der Waals surface area (Å²) in [6, 6.07) is 18.0. The highest BCUT2D eigenvalue weighted by Crippen LogP contribution is 2.34. The minimum Gasteiger partial charge on any atom is -0.467 e. The highest BCUT2D eigenvalue weighted by atomic mass is 35.5. The normalized spacial score (nSPS) is 18.8. The van der Waals surface area contributed by atoms with Gasteiger partial charge in [0.2, 0.25) is 0 Å². The molecule has 4 aromatic rings. The Balaban J connectivity index is 1.27. The molecular weight excluding hydrogens is 502 g/mol. The maximum Gasteiger partial charge on any atom is 0.339 e. The van der Waals surface area contributed by atoms with Crippen LogP contribution in [0.1, 0.15) is 58.7 Å². The molecule has 0 spiro atoms. The lowest BCUT2D eigenvalue weighted by Gasteiger charge is -2.24. The van der Waals surface area contributed by atoms with Crippen LogP contribution in [0.2, 0.25) is 5.02 Å². The standard InChI is InChI=1S/C30H26ClN3O4/c1-18-8-13-24-22(15-18)29(21-5-2-3-6-23(21)32-24)30(36)38-17-28(35)34-26(27-7-4-14-37-27)16-25(33-34)19-9-11-20(31)12-10-19/h2-7,9-12,14,18,26H,8,13,15-17H2,1H3/t18-,26+/m1/s1. The lowest BCUT2D eigenvalue weighted by atomic mass is 9.84. The van der Waals surface area contributed by atoms with Crippen LogP contribution in [0, 0.1) is 5.92 Å². The molecule has 192 valence electrons. The number of hydrogen-bond donors (Lipinski definition) is 0. The second kappa shape index (κ2) is 10.1. The number of pyridine rings is 1. The molecule has 7 nitrogen and oxygen atoms in total. The number of ether oxygens (including phenoxy) is 1. The number of halogens is 1. The van der Waals surface area contributed by atoms with Gasteiger partial charge in [0.1, 0.15) is 11.8 Å². The predicted molar refractivity (Wildman–Crippen MR) is 144 cm³/mol. The second-order valence-electron chi connectivity index (χ2n) is 9.88. The van der Waals surface area contributed by atoms with Crippen molar-refractivity contribution in [3.63, 3.8) is 0 Å². The minimum absolute atomic E-state index is 0.427. The number of esters is 1. The van der Waals surface area contributed by atoms with Gasteiger partial charge in [-0.25, -0.2) is 9.80 Å². The van der Waals surface area contributed by atoms with Crippen LogP contribution in [-0.2, 0) is 22.4 Å². The number of rotatable bonds is 5. The number of carbonyl (C=O) groups excluding carboxylic acids is 2. The summed E-state index contributed by atoms with van der Waals surface area (Å²) in [7, 11) is 0. The first-order chi connectivity index (χ1) is 18.5. The van der Waals surface area contributed by atoms with Gasteiger partial charge in [-0.15, -0.1) is 0 Å². The Bertz CT molecular complexity index is 1550. The molecule has 0 unspecified atom stereocenters. The number of furan rings is 1. The highest BCUT2D eigenvalue weighted by Gasteiger charge is 2.35. The number of hydrogen-bond acceptors (Lipinski definition) is 6. The maximum absolute atomic E-state index is 13.5. The van der Waals surface area contributed by atoms with Crippen molar-refractivity contribution in [2.75, 3.05) is 6.61 Å². The Hall–Kier alpha value is -3.97. The van der Waals surface area contributed by atoms with Gasteiger partial charge in [0.05, 0.1) is 23.1 Å². The van der Waals surface area contributed by atoms with Crippen LogP contribution >= 0.6 is 11.6 Å². The van der Waals surface area contributed by atoms with Crippen molar-refractivity contribution in [1.29, 1.82) is 0 Å². The zero-order chi connectivity index (χ0) is 26.2. The SMILES string of the molecule is C[C@@H]1CCc2nc3ccccc3c(C(=O)OCC(=O)N3N=C(c4ccc(Cl)cc4)C[C@H]3c3ccco3)c2C1. The number of nitrogens with zero attached hydrogens (tertiary/aromatic N) is 3. The molecule has 1 amide bonds. The Labute approximate surface area is 225 Å². The molecule has 2 aliphatic rings. The van der Waals surface area contributed by atoms with Crippen molar-refractivity contribution < 1.29 is 18.7 Å². The summed E-state index contributed by atoms with van der Waals surface area (Å²) < 4.78 is 11.3. The van der Waals surface area contributed by atoms with Gasteiger partial charge < -0.3 is 9.15 Å². The average Bonchev–Trinajstić information content (AvgIpc) is 3.61. The molecule has 2 atom stereocenters. The van der Waals surface area contributed by atoms with Crippen molar-refractivity contribution in [1.82, 2.24) is 9.99 Å². The third-order valence-electron chi connectivity index (χ3n) is 7.25. The molecule has 0 N–H and O–H groups in total. The predicted octanol–water partition coefficient (Wildman–Crippen LogP) is 6.14. The van der Waals surface area contributed by atoms with Gasteiger partial charge in [-0.1, -0.05) is 48.9 Å². The van der Waals surface area contributed by atoms with Crippen molar-refractivity contribution in [3.05, 3.63) is 100 Å². The quantitative estimate of drug-likeness (QED) is 0.291. The molecule has 6 rings (SSSR count). The van der Waals surface area contributed by atoms with Crippen molar-refractivity contribution in [3.8, 4) is 0 Å². The van der Waals surface area contributed by atoms with E-state index in [2.05, 4.69) is 12.0 Å². The van der Waals surface area contributed by atoms with Gasteiger partial charge in [-0.2, -0.15) is 5.10 Å². The monoisotopic (exact) mass is 527 g/mol. The molecule has 0 fully saturated rings. The Morgan fingerprint density at radius 2 is 1.89 bits per heavy atom. The van der Waals surface area contributed by atoms with Gasteiger partial charge in [0.15, 0.2) is 6.61 Å². The summed E-state index contributed by atoms with van der Waals surface area (Å²) >= 11 is 6.05. The van der Waals surface area contributed by atoms with Gasteiger partial charge in [0, 0.05) is 22.5 Å².